The minimum absolute atomic E-state index is 0.330. The lowest BCUT2D eigenvalue weighted by atomic mass is 9.97. The van der Waals surface area contributed by atoms with E-state index in [2.05, 4.69) is 17.6 Å². The van der Waals surface area contributed by atoms with Gasteiger partial charge in [0.05, 0.1) is 7.11 Å². The van der Waals surface area contributed by atoms with E-state index in [1.54, 1.807) is 64.0 Å². The normalized spacial score (nSPS) is 12.7. The molecule has 0 aromatic heterocycles. The van der Waals surface area contributed by atoms with Crippen LogP contribution in [0.3, 0.4) is 0 Å². The number of hydrogen-bond donors (Lipinski definition) is 2. The SMILES string of the molecule is CCCCCCCCN(C(=O)C(C)NC(=O)OC(C)(C)C)C(C(=O)Nc1ccc(OC)cc1)c1ccccc1C. The molecule has 2 atom stereocenters. The molecule has 8 nitrogen and oxygen atoms in total. The summed E-state index contributed by atoms with van der Waals surface area (Å²) in [6.45, 7) is 11.4. The Hall–Kier alpha value is -3.55. The number of alkyl carbamates (subject to hydrolysis) is 1. The summed E-state index contributed by atoms with van der Waals surface area (Å²) in [4.78, 5) is 41.9. The first-order valence-electron chi connectivity index (χ1n) is 14.3. The fraction of sp³-hybridized carbons (Fsp3) is 0.531. The third kappa shape index (κ3) is 10.5. The predicted octanol–water partition coefficient (Wildman–Crippen LogP) is 6.79. The topological polar surface area (TPSA) is 97.0 Å². The molecule has 40 heavy (non-hydrogen) atoms. The van der Waals surface area contributed by atoms with Crippen molar-refractivity contribution in [3.63, 3.8) is 0 Å². The third-order valence-corrected chi connectivity index (χ3v) is 6.54. The first-order chi connectivity index (χ1) is 19.0. The highest BCUT2D eigenvalue weighted by molar-refractivity contribution is 5.99. The van der Waals surface area contributed by atoms with E-state index in [9.17, 15) is 14.4 Å². The average Bonchev–Trinajstić information content (AvgIpc) is 2.89. The highest BCUT2D eigenvalue weighted by Gasteiger charge is 2.35. The molecule has 3 amide bonds. The van der Waals surface area contributed by atoms with E-state index >= 15 is 0 Å². The van der Waals surface area contributed by atoms with Gasteiger partial charge in [-0.15, -0.1) is 0 Å². The monoisotopic (exact) mass is 553 g/mol. The summed E-state index contributed by atoms with van der Waals surface area (Å²) in [5.41, 5.74) is 1.52. The number of anilines is 1. The second-order valence-electron chi connectivity index (χ2n) is 11.1. The van der Waals surface area contributed by atoms with Crippen molar-refractivity contribution in [3.05, 3.63) is 59.7 Å². The number of carbonyl (C=O) groups is 3. The van der Waals surface area contributed by atoms with E-state index < -0.39 is 23.8 Å². The van der Waals surface area contributed by atoms with Gasteiger partial charge in [0, 0.05) is 12.2 Å². The molecule has 0 fully saturated rings. The molecule has 2 unspecified atom stereocenters. The standard InChI is InChI=1S/C32H47N3O5/c1-8-9-10-11-12-15-22-35(30(37)24(3)33-31(38)40-32(4,5)6)28(27-17-14-13-16-23(27)2)29(36)34-25-18-20-26(39-7)21-19-25/h13-14,16-21,24,28H,8-12,15,22H2,1-7H3,(H,33,38)(H,34,36). The molecule has 0 heterocycles. The van der Waals surface area contributed by atoms with E-state index in [1.165, 1.54) is 6.42 Å². The Balaban J connectivity index is 2.39. The van der Waals surface area contributed by atoms with Gasteiger partial charge in [0.15, 0.2) is 0 Å². The number of methoxy groups -OCH3 is 1. The van der Waals surface area contributed by atoms with Crippen molar-refractivity contribution in [1.82, 2.24) is 10.2 Å². The fourth-order valence-corrected chi connectivity index (χ4v) is 4.45. The van der Waals surface area contributed by atoms with Crippen LogP contribution < -0.4 is 15.4 Å². The van der Waals surface area contributed by atoms with Crippen LogP contribution in [0.2, 0.25) is 0 Å². The highest BCUT2D eigenvalue weighted by atomic mass is 16.6. The second-order valence-corrected chi connectivity index (χ2v) is 11.1. The summed E-state index contributed by atoms with van der Waals surface area (Å²) in [7, 11) is 1.58. The van der Waals surface area contributed by atoms with Gasteiger partial charge in [-0.1, -0.05) is 63.3 Å². The molecule has 0 saturated carbocycles. The third-order valence-electron chi connectivity index (χ3n) is 6.54. The Morgan fingerprint density at radius 2 is 1.55 bits per heavy atom. The number of nitrogens with one attached hydrogen (secondary N) is 2. The number of carbonyl (C=O) groups excluding carboxylic acids is 3. The maximum atomic E-state index is 13.9. The Morgan fingerprint density at radius 1 is 0.925 bits per heavy atom. The van der Waals surface area contributed by atoms with Crippen molar-refractivity contribution < 1.29 is 23.9 Å². The molecule has 0 saturated heterocycles. The van der Waals surface area contributed by atoms with Crippen molar-refractivity contribution in [3.8, 4) is 5.75 Å². The molecule has 8 heteroatoms. The minimum Gasteiger partial charge on any atom is -0.497 e. The highest BCUT2D eigenvalue weighted by Crippen LogP contribution is 2.28. The average molecular weight is 554 g/mol. The molecule has 0 spiro atoms. The first-order valence-corrected chi connectivity index (χ1v) is 14.3. The van der Waals surface area contributed by atoms with Crippen LogP contribution in [0.4, 0.5) is 10.5 Å². The number of hydrogen-bond acceptors (Lipinski definition) is 5. The molecule has 0 aliphatic heterocycles. The van der Waals surface area contributed by atoms with Gasteiger partial charge >= 0.3 is 6.09 Å². The van der Waals surface area contributed by atoms with Crippen molar-refractivity contribution in [2.45, 2.75) is 97.8 Å². The van der Waals surface area contributed by atoms with Crippen LogP contribution >= 0.6 is 0 Å². The molecule has 220 valence electrons. The molecule has 0 aliphatic rings. The van der Waals surface area contributed by atoms with Crippen LogP contribution in [-0.4, -0.2) is 48.1 Å². The number of amides is 3. The van der Waals surface area contributed by atoms with E-state index in [0.29, 0.717) is 18.0 Å². The van der Waals surface area contributed by atoms with Crippen LogP contribution in [0.15, 0.2) is 48.5 Å². The van der Waals surface area contributed by atoms with Gasteiger partial charge in [-0.2, -0.15) is 0 Å². The van der Waals surface area contributed by atoms with E-state index in [1.807, 2.05) is 31.2 Å². The Bertz CT molecular complexity index is 1090. The quantitative estimate of drug-likeness (QED) is 0.251. The van der Waals surface area contributed by atoms with Crippen LogP contribution in [-0.2, 0) is 14.3 Å². The summed E-state index contributed by atoms with van der Waals surface area (Å²) in [5.74, 6) is -0.00353. The van der Waals surface area contributed by atoms with Crippen molar-refractivity contribution in [2.24, 2.45) is 0 Å². The molecule has 2 aromatic rings. The minimum atomic E-state index is -0.894. The summed E-state index contributed by atoms with van der Waals surface area (Å²) >= 11 is 0. The van der Waals surface area contributed by atoms with Gasteiger partial charge in [-0.05, 0) is 76.4 Å². The summed E-state index contributed by atoms with van der Waals surface area (Å²) in [5, 5.41) is 5.64. The zero-order chi connectivity index (χ0) is 29.7. The van der Waals surface area contributed by atoms with E-state index in [4.69, 9.17) is 9.47 Å². The number of nitrogens with zero attached hydrogens (tertiary/aromatic N) is 1. The van der Waals surface area contributed by atoms with Crippen LogP contribution in [0, 0.1) is 6.92 Å². The predicted molar refractivity (Wildman–Crippen MR) is 159 cm³/mol. The molecular weight excluding hydrogens is 506 g/mol. The molecule has 2 aromatic carbocycles. The largest absolute Gasteiger partial charge is 0.497 e. The first kappa shape index (κ1) is 32.7. The smallest absolute Gasteiger partial charge is 0.408 e. The van der Waals surface area contributed by atoms with E-state index in [-0.39, 0.29) is 11.8 Å². The van der Waals surface area contributed by atoms with E-state index in [0.717, 1.165) is 43.2 Å². The zero-order valence-electron chi connectivity index (χ0n) is 25.2. The van der Waals surface area contributed by atoms with Gasteiger partial charge < -0.3 is 25.0 Å². The lowest BCUT2D eigenvalue weighted by Gasteiger charge is -2.34. The summed E-state index contributed by atoms with van der Waals surface area (Å²) in [6, 6.07) is 12.9. The molecule has 2 N–H and O–H groups in total. The number of rotatable bonds is 14. The van der Waals surface area contributed by atoms with Crippen molar-refractivity contribution in [1.29, 1.82) is 0 Å². The van der Waals surface area contributed by atoms with Crippen LogP contribution in [0.25, 0.3) is 0 Å². The van der Waals surface area contributed by atoms with Gasteiger partial charge in [0.1, 0.15) is 23.4 Å². The maximum Gasteiger partial charge on any atom is 0.408 e. The van der Waals surface area contributed by atoms with Crippen molar-refractivity contribution in [2.75, 3.05) is 19.0 Å². The Morgan fingerprint density at radius 3 is 2.15 bits per heavy atom. The molecule has 2 rings (SSSR count). The van der Waals surface area contributed by atoms with Crippen LogP contribution in [0.5, 0.6) is 5.75 Å². The lowest BCUT2D eigenvalue weighted by molar-refractivity contribution is -0.140. The lowest BCUT2D eigenvalue weighted by Crippen LogP contribution is -2.51. The number of unbranched alkanes of at least 4 members (excludes halogenated alkanes) is 5. The Labute approximate surface area is 239 Å². The number of ether oxygens (including phenoxy) is 2. The van der Waals surface area contributed by atoms with Gasteiger partial charge in [-0.25, -0.2) is 4.79 Å². The number of aryl methyl sites for hydroxylation is 1. The van der Waals surface area contributed by atoms with Crippen LogP contribution in [0.1, 0.15) is 90.3 Å². The maximum absolute atomic E-state index is 13.9. The second kappa shape index (κ2) is 15.9. The summed E-state index contributed by atoms with van der Waals surface area (Å²) < 4.78 is 10.6. The molecule has 0 radical (unpaired) electrons. The van der Waals surface area contributed by atoms with Crippen molar-refractivity contribution >= 4 is 23.6 Å². The zero-order valence-corrected chi connectivity index (χ0v) is 25.2. The Kier molecular flexibility index (Phi) is 13.0. The van der Waals surface area contributed by atoms with Gasteiger partial charge in [-0.3, -0.25) is 9.59 Å². The van der Waals surface area contributed by atoms with Gasteiger partial charge in [0.2, 0.25) is 5.91 Å². The molecule has 0 bridgehead atoms. The molecule has 0 aliphatic carbocycles. The van der Waals surface area contributed by atoms with Gasteiger partial charge in [0.25, 0.3) is 5.91 Å². The number of benzene rings is 2. The summed E-state index contributed by atoms with van der Waals surface area (Å²) in [6.07, 6.45) is 5.54. The molecular formula is C32H47N3O5. The fourth-order valence-electron chi connectivity index (χ4n) is 4.45.